The number of carbonyl (C=O) groups is 5. The number of aliphatic hydroxyl groups is 1. The molecule has 2 heterocycles. The van der Waals surface area contributed by atoms with E-state index >= 15 is 0 Å². The number of likely N-dealkylation sites (tertiary alicyclic amines) is 1. The predicted octanol–water partition coefficient (Wildman–Crippen LogP) is 0.272. The van der Waals surface area contributed by atoms with Gasteiger partial charge in [-0.05, 0) is 51.1 Å². The number of nitrogens with zero attached hydrogens (tertiary/aromatic N) is 1. The molecule has 2 aliphatic carbocycles. The summed E-state index contributed by atoms with van der Waals surface area (Å²) in [7, 11) is 3.52. The molecule has 14 nitrogen and oxygen atoms in total. The van der Waals surface area contributed by atoms with Crippen molar-refractivity contribution < 1.29 is 58.2 Å². The maximum absolute atomic E-state index is 12.9. The van der Waals surface area contributed by atoms with E-state index in [2.05, 4.69) is 4.90 Å². The van der Waals surface area contributed by atoms with E-state index < -0.39 is 78.3 Å². The van der Waals surface area contributed by atoms with Gasteiger partial charge in [0.25, 0.3) is 5.91 Å². The van der Waals surface area contributed by atoms with E-state index in [0.29, 0.717) is 30.9 Å². The van der Waals surface area contributed by atoms with Crippen LogP contribution in [-0.4, -0.2) is 101 Å². The molecule has 232 valence electrons. The van der Waals surface area contributed by atoms with E-state index in [1.807, 2.05) is 24.5 Å². The third kappa shape index (κ3) is 4.97. The van der Waals surface area contributed by atoms with Crippen LogP contribution < -0.4 is 14.8 Å². The van der Waals surface area contributed by atoms with Crippen LogP contribution in [0.4, 0.5) is 0 Å². The second kappa shape index (κ2) is 11.2. The number of likely N-dealkylation sites (N-methyl/N-ethyl adjacent to an activating group) is 1. The van der Waals surface area contributed by atoms with E-state index in [1.54, 1.807) is 6.08 Å². The van der Waals surface area contributed by atoms with Gasteiger partial charge in [-0.15, -0.1) is 0 Å². The Bertz CT molecular complexity index is 1410. The predicted molar refractivity (Wildman–Crippen MR) is 144 cm³/mol. The molecule has 4 aliphatic rings. The zero-order chi connectivity index (χ0) is 31.3. The van der Waals surface area contributed by atoms with Crippen LogP contribution in [0.5, 0.6) is 11.5 Å². The number of aliphatic carboxylic acids is 2. The van der Waals surface area contributed by atoms with Crippen LogP contribution in [0.3, 0.4) is 0 Å². The van der Waals surface area contributed by atoms with Gasteiger partial charge in [-0.1, -0.05) is 6.07 Å². The third-order valence-corrected chi connectivity index (χ3v) is 8.99. The Kier molecular flexibility index (Phi) is 7.86. The maximum Gasteiger partial charge on any atom is 0.326 e. The number of carboxylic acids is 2. The number of amides is 1. The van der Waals surface area contributed by atoms with E-state index in [1.165, 1.54) is 14.0 Å². The molecule has 2 aliphatic heterocycles. The average molecular weight is 603 g/mol. The van der Waals surface area contributed by atoms with Gasteiger partial charge in [0.2, 0.25) is 0 Å². The molecule has 1 fully saturated rings. The minimum absolute atomic E-state index is 0.170. The number of rotatable bonds is 11. The molecule has 1 amide bonds. The topological polar surface area (TPSA) is 198 Å². The number of ether oxygens (including phenoxy) is 4. The van der Waals surface area contributed by atoms with Gasteiger partial charge in [-0.3, -0.25) is 19.2 Å². The van der Waals surface area contributed by atoms with Crippen LogP contribution in [0, 0.1) is 0 Å². The Morgan fingerprint density at radius 1 is 1.16 bits per heavy atom. The van der Waals surface area contributed by atoms with Crippen LogP contribution in [0.25, 0.3) is 0 Å². The SMILES string of the molecule is COc1ccc2c3c1O[C@H]1C(OC(=O)CCC(=O)O[C@@H](C)C(=O)N[C@H](CC(=O)O)C(=O)O)=CC[C@@]4(O)[C@@H](C2)N(C)CC[C@]314. The molecule has 14 heteroatoms. The first-order valence-corrected chi connectivity index (χ1v) is 14.0. The third-order valence-electron chi connectivity index (χ3n) is 8.99. The summed E-state index contributed by atoms with van der Waals surface area (Å²) in [4.78, 5) is 61.6. The van der Waals surface area contributed by atoms with Crippen LogP contribution in [0.15, 0.2) is 24.0 Å². The fourth-order valence-corrected chi connectivity index (χ4v) is 6.95. The second-order valence-electron chi connectivity index (χ2n) is 11.4. The number of piperidine rings is 1. The second-order valence-corrected chi connectivity index (χ2v) is 11.4. The Labute approximate surface area is 246 Å². The summed E-state index contributed by atoms with van der Waals surface area (Å²) in [5.74, 6) is -4.37. The summed E-state index contributed by atoms with van der Waals surface area (Å²) in [5.41, 5.74) is -0.0989. The first-order chi connectivity index (χ1) is 20.3. The molecule has 6 atom stereocenters. The highest BCUT2D eigenvalue weighted by Gasteiger charge is 2.72. The Morgan fingerprint density at radius 3 is 2.56 bits per heavy atom. The van der Waals surface area contributed by atoms with Crippen molar-refractivity contribution in [1.29, 1.82) is 0 Å². The molecule has 43 heavy (non-hydrogen) atoms. The molecule has 0 saturated carbocycles. The highest BCUT2D eigenvalue weighted by atomic mass is 16.6. The molecule has 1 aromatic rings. The van der Waals surface area contributed by atoms with Gasteiger partial charge < -0.3 is 44.5 Å². The van der Waals surface area contributed by atoms with Crippen molar-refractivity contribution in [2.24, 2.45) is 0 Å². The molecule has 5 rings (SSSR count). The lowest BCUT2D eigenvalue weighted by atomic mass is 9.50. The van der Waals surface area contributed by atoms with Gasteiger partial charge in [0, 0.05) is 18.0 Å². The van der Waals surface area contributed by atoms with Crippen molar-refractivity contribution in [3.63, 3.8) is 0 Å². The summed E-state index contributed by atoms with van der Waals surface area (Å²) >= 11 is 0. The summed E-state index contributed by atoms with van der Waals surface area (Å²) in [6, 6.07) is 1.95. The van der Waals surface area contributed by atoms with Gasteiger partial charge in [-0.2, -0.15) is 0 Å². The molecule has 2 bridgehead atoms. The summed E-state index contributed by atoms with van der Waals surface area (Å²) < 4.78 is 22.7. The first kappa shape index (κ1) is 30.3. The van der Waals surface area contributed by atoms with E-state index in [4.69, 9.17) is 29.2 Å². The van der Waals surface area contributed by atoms with E-state index in [0.717, 1.165) is 11.1 Å². The monoisotopic (exact) mass is 602 g/mol. The molecule has 4 N–H and O–H groups in total. The van der Waals surface area contributed by atoms with Crippen molar-refractivity contribution in [3.05, 3.63) is 35.1 Å². The number of esters is 2. The Morgan fingerprint density at radius 2 is 1.88 bits per heavy atom. The van der Waals surface area contributed by atoms with Crippen molar-refractivity contribution >= 4 is 29.8 Å². The van der Waals surface area contributed by atoms with Gasteiger partial charge in [0.1, 0.15) is 11.8 Å². The maximum atomic E-state index is 12.9. The fourth-order valence-electron chi connectivity index (χ4n) is 6.95. The minimum Gasteiger partial charge on any atom is -0.493 e. The lowest BCUT2D eigenvalue weighted by Crippen LogP contribution is -2.74. The van der Waals surface area contributed by atoms with Crippen LogP contribution in [-0.2, 0) is 45.3 Å². The molecule has 1 aromatic carbocycles. The lowest BCUT2D eigenvalue weighted by Gasteiger charge is -2.61. The van der Waals surface area contributed by atoms with Crippen LogP contribution in [0.1, 0.15) is 50.2 Å². The van der Waals surface area contributed by atoms with Gasteiger partial charge in [-0.25, -0.2) is 4.79 Å². The smallest absolute Gasteiger partial charge is 0.326 e. The normalized spacial score (nSPS) is 27.9. The molecular formula is C29H34N2O12. The summed E-state index contributed by atoms with van der Waals surface area (Å²) in [6.45, 7) is 1.89. The lowest BCUT2D eigenvalue weighted by molar-refractivity contribution is -0.169. The van der Waals surface area contributed by atoms with Gasteiger partial charge >= 0.3 is 23.9 Å². The highest BCUT2D eigenvalue weighted by molar-refractivity contribution is 5.90. The summed E-state index contributed by atoms with van der Waals surface area (Å²) in [5, 5.41) is 32.1. The molecule has 1 saturated heterocycles. The first-order valence-electron chi connectivity index (χ1n) is 14.0. The Hall–Kier alpha value is -4.17. The molecule has 1 spiro atoms. The Balaban J connectivity index is 1.24. The minimum atomic E-state index is -1.70. The average Bonchev–Trinajstić information content (AvgIpc) is 3.30. The number of carbonyl (C=O) groups excluding carboxylic acids is 3. The van der Waals surface area contributed by atoms with Crippen molar-refractivity contribution in [3.8, 4) is 11.5 Å². The van der Waals surface area contributed by atoms with Gasteiger partial charge in [0.05, 0.1) is 37.4 Å². The molecule has 0 unspecified atom stereocenters. The zero-order valence-electron chi connectivity index (χ0n) is 24.0. The highest BCUT2D eigenvalue weighted by Crippen LogP contribution is 2.65. The number of nitrogens with one attached hydrogen (secondary N) is 1. The van der Waals surface area contributed by atoms with Crippen LogP contribution >= 0.6 is 0 Å². The van der Waals surface area contributed by atoms with Gasteiger partial charge in [0.15, 0.2) is 23.7 Å². The number of carboxylic acid groups (broad SMARTS) is 2. The zero-order valence-corrected chi connectivity index (χ0v) is 24.0. The summed E-state index contributed by atoms with van der Waals surface area (Å²) in [6.07, 6.45) is -0.824. The van der Waals surface area contributed by atoms with Crippen molar-refractivity contribution in [2.45, 2.75) is 80.8 Å². The molecule has 0 aromatic heterocycles. The van der Waals surface area contributed by atoms with E-state index in [9.17, 15) is 29.1 Å². The van der Waals surface area contributed by atoms with Crippen molar-refractivity contribution in [1.82, 2.24) is 10.2 Å². The fraction of sp³-hybridized carbons (Fsp3) is 0.552. The molecule has 0 radical (unpaired) electrons. The number of hydrogen-bond acceptors (Lipinski definition) is 11. The van der Waals surface area contributed by atoms with Crippen LogP contribution in [0.2, 0.25) is 0 Å². The number of hydrogen-bond donors (Lipinski definition) is 4. The quantitative estimate of drug-likeness (QED) is 0.252. The van der Waals surface area contributed by atoms with Crippen molar-refractivity contribution in [2.75, 3.05) is 20.7 Å². The number of benzene rings is 1. The molecular weight excluding hydrogens is 568 g/mol. The largest absolute Gasteiger partial charge is 0.493 e. The standard InChI is InChI=1S/C29H34N2O12/c1-14(26(36)30-16(27(37)38)13-20(32)33)41-21(34)6-7-22(35)42-18-8-9-29(39)19-12-15-4-5-17(40-3)24-23(15)28(29,25(18)43-24)10-11-31(19)2/h4-5,8,14,16,19,25,39H,6-7,9-13H2,1-3H3,(H,30,36)(H,32,33)(H,37,38)/t14-,16+,19+,25-,28-,29+/m0/s1. The number of methoxy groups -OCH3 is 1. The van der Waals surface area contributed by atoms with E-state index in [-0.39, 0.29) is 18.2 Å².